The van der Waals surface area contributed by atoms with E-state index in [1.54, 1.807) is 0 Å². The molecular weight excluding hydrogens is 1320 g/mol. The van der Waals surface area contributed by atoms with Crippen molar-refractivity contribution < 1.29 is 80.2 Å². The monoisotopic (exact) mass is 1480 g/mol. The maximum atomic E-state index is 13.1. The van der Waals surface area contributed by atoms with Crippen LogP contribution in [0.5, 0.6) is 0 Å². The third kappa shape index (κ3) is 74.7. The number of carbonyl (C=O) groups excluding carboxylic acids is 4. The van der Waals surface area contributed by atoms with Crippen LogP contribution in [-0.4, -0.2) is 96.7 Å². The van der Waals surface area contributed by atoms with Crippen LogP contribution in [0.15, 0.2) is 0 Å². The Bertz CT molecular complexity index is 1940. The molecule has 0 fully saturated rings. The molecule has 0 saturated heterocycles. The van der Waals surface area contributed by atoms with E-state index in [9.17, 15) is 43.2 Å². The van der Waals surface area contributed by atoms with Crippen molar-refractivity contribution in [1.82, 2.24) is 0 Å². The minimum Gasteiger partial charge on any atom is -0.462 e. The van der Waals surface area contributed by atoms with Crippen LogP contribution in [0.4, 0.5) is 0 Å². The van der Waals surface area contributed by atoms with Crippen molar-refractivity contribution in [3.05, 3.63) is 0 Å². The van der Waals surface area contributed by atoms with Gasteiger partial charge in [0.25, 0.3) is 0 Å². The lowest BCUT2D eigenvalue weighted by atomic mass is 9.99. The molecule has 0 aliphatic heterocycles. The van der Waals surface area contributed by atoms with Gasteiger partial charge in [-0.25, -0.2) is 9.13 Å². The van der Waals surface area contributed by atoms with E-state index in [0.717, 1.165) is 102 Å². The standard InChI is InChI=1S/C82H160O17P2/c1-7-10-12-14-16-18-20-22-23-24-25-26-27-28-33-37-41-49-55-61-67-82(87)98-77(70-92-79(84)64-58-52-46-39-36-32-30-29-31-34-38-45-51-57-63-75(6)9-3)72-96-100(88,89)94-68-76(83)69-95-101(90,91)97-73-78(71-93-80(85)65-59-53-47-43-42-44-50-56-62-74(4)5)99-81(86)66-60-54-48-40-35-21-19-17-15-13-11-8-2/h74-78,83H,7-73H2,1-6H3,(H,88,89)(H,90,91)/t75?,76-,77-,78-/m1/s1. The van der Waals surface area contributed by atoms with Crippen molar-refractivity contribution in [2.24, 2.45) is 11.8 Å². The maximum absolute atomic E-state index is 13.1. The van der Waals surface area contributed by atoms with Crippen molar-refractivity contribution in [2.75, 3.05) is 39.6 Å². The molecule has 3 N–H and O–H groups in total. The smallest absolute Gasteiger partial charge is 0.462 e. The normalized spacial score (nSPS) is 14.2. The van der Waals surface area contributed by atoms with Gasteiger partial charge in [0.05, 0.1) is 26.4 Å². The van der Waals surface area contributed by atoms with Crippen LogP contribution in [0.25, 0.3) is 0 Å². The molecule has 0 amide bonds. The molecule has 17 nitrogen and oxygen atoms in total. The van der Waals surface area contributed by atoms with Crippen LogP contribution in [0, 0.1) is 11.8 Å². The van der Waals surface area contributed by atoms with Gasteiger partial charge in [-0.2, -0.15) is 0 Å². The summed E-state index contributed by atoms with van der Waals surface area (Å²) >= 11 is 0. The van der Waals surface area contributed by atoms with Crippen LogP contribution < -0.4 is 0 Å². The quantitative estimate of drug-likeness (QED) is 0.0222. The van der Waals surface area contributed by atoms with E-state index in [0.29, 0.717) is 25.7 Å². The topological polar surface area (TPSA) is 237 Å². The first-order chi connectivity index (χ1) is 48.9. The fourth-order valence-corrected chi connectivity index (χ4v) is 14.3. The van der Waals surface area contributed by atoms with Crippen LogP contribution in [0.2, 0.25) is 0 Å². The van der Waals surface area contributed by atoms with E-state index in [1.807, 2.05) is 0 Å². The lowest BCUT2D eigenvalue weighted by molar-refractivity contribution is -0.161. The van der Waals surface area contributed by atoms with Gasteiger partial charge in [-0.05, 0) is 37.5 Å². The van der Waals surface area contributed by atoms with E-state index in [2.05, 4.69) is 41.5 Å². The lowest BCUT2D eigenvalue weighted by Gasteiger charge is -2.21. The second-order valence-corrected chi connectivity index (χ2v) is 33.1. The molecule has 3 unspecified atom stereocenters. The average molecular weight is 1480 g/mol. The molecule has 101 heavy (non-hydrogen) atoms. The average Bonchev–Trinajstić information content (AvgIpc) is 0.919. The number of aliphatic hydroxyl groups excluding tert-OH is 1. The molecule has 0 bridgehead atoms. The molecule has 600 valence electrons. The summed E-state index contributed by atoms with van der Waals surface area (Å²) in [6.45, 7) is 9.66. The van der Waals surface area contributed by atoms with Gasteiger partial charge in [0.15, 0.2) is 12.2 Å². The van der Waals surface area contributed by atoms with E-state index in [-0.39, 0.29) is 25.7 Å². The number of carbonyl (C=O) groups is 4. The number of aliphatic hydroxyl groups is 1. The van der Waals surface area contributed by atoms with Gasteiger partial charge in [0.1, 0.15) is 19.3 Å². The Morgan fingerprint density at radius 3 is 0.752 bits per heavy atom. The van der Waals surface area contributed by atoms with Gasteiger partial charge in [-0.3, -0.25) is 37.3 Å². The van der Waals surface area contributed by atoms with Crippen molar-refractivity contribution in [3.8, 4) is 0 Å². The Labute approximate surface area is 619 Å². The summed E-state index contributed by atoms with van der Waals surface area (Å²) in [7, 11) is -9.92. The highest BCUT2D eigenvalue weighted by atomic mass is 31.2. The Kier molecular flexibility index (Phi) is 72.2. The third-order valence-electron chi connectivity index (χ3n) is 19.6. The Morgan fingerprint density at radius 2 is 0.505 bits per heavy atom. The van der Waals surface area contributed by atoms with Crippen molar-refractivity contribution in [2.45, 2.75) is 452 Å². The molecule has 0 aliphatic rings. The van der Waals surface area contributed by atoms with E-state index < -0.39 is 97.5 Å². The van der Waals surface area contributed by atoms with Crippen molar-refractivity contribution in [3.63, 3.8) is 0 Å². The highest BCUT2D eigenvalue weighted by molar-refractivity contribution is 7.47. The number of ether oxygens (including phenoxy) is 4. The zero-order valence-corrected chi connectivity index (χ0v) is 68.0. The Balaban J connectivity index is 5.23. The zero-order valence-electron chi connectivity index (χ0n) is 66.2. The molecule has 0 radical (unpaired) electrons. The fraction of sp³-hybridized carbons (Fsp3) is 0.951. The minimum atomic E-state index is -4.96. The van der Waals surface area contributed by atoms with Crippen LogP contribution >= 0.6 is 15.6 Å². The molecule has 0 aromatic rings. The number of hydrogen-bond donors (Lipinski definition) is 3. The fourth-order valence-electron chi connectivity index (χ4n) is 12.7. The van der Waals surface area contributed by atoms with Gasteiger partial charge in [0, 0.05) is 25.7 Å². The van der Waals surface area contributed by atoms with Crippen LogP contribution in [-0.2, 0) is 65.4 Å². The molecule has 19 heteroatoms. The van der Waals surface area contributed by atoms with Crippen molar-refractivity contribution >= 4 is 39.5 Å². The van der Waals surface area contributed by atoms with E-state index in [1.165, 1.54) is 250 Å². The summed E-state index contributed by atoms with van der Waals surface area (Å²) in [5.74, 6) is -0.531. The summed E-state index contributed by atoms with van der Waals surface area (Å²) in [4.78, 5) is 73.0. The minimum absolute atomic E-state index is 0.107. The van der Waals surface area contributed by atoms with E-state index >= 15 is 0 Å². The molecule has 0 spiro atoms. The number of rotatable bonds is 81. The van der Waals surface area contributed by atoms with Gasteiger partial charge >= 0.3 is 39.5 Å². The predicted molar refractivity (Wildman–Crippen MR) is 414 cm³/mol. The highest BCUT2D eigenvalue weighted by Crippen LogP contribution is 2.45. The first-order valence-electron chi connectivity index (χ1n) is 42.5. The first-order valence-corrected chi connectivity index (χ1v) is 45.5. The number of phosphoric acid groups is 2. The first kappa shape index (κ1) is 99.1. The Hall–Kier alpha value is -1.94. The molecule has 0 rings (SSSR count). The van der Waals surface area contributed by atoms with Gasteiger partial charge in [0.2, 0.25) is 0 Å². The maximum Gasteiger partial charge on any atom is 0.472 e. The summed E-state index contributed by atoms with van der Waals surface area (Å²) in [5.41, 5.74) is 0. The van der Waals surface area contributed by atoms with Crippen LogP contribution in [0.1, 0.15) is 433 Å². The molecule has 0 aromatic carbocycles. The molecule has 0 heterocycles. The molecular formula is C82H160O17P2. The summed E-state index contributed by atoms with van der Waals surface area (Å²) in [6.07, 6.45) is 63.8. The largest absolute Gasteiger partial charge is 0.472 e. The summed E-state index contributed by atoms with van der Waals surface area (Å²) in [5, 5.41) is 10.6. The van der Waals surface area contributed by atoms with Crippen LogP contribution in [0.3, 0.4) is 0 Å². The third-order valence-corrected chi connectivity index (χ3v) is 21.5. The molecule has 0 aromatic heterocycles. The molecule has 6 atom stereocenters. The Morgan fingerprint density at radius 1 is 0.287 bits per heavy atom. The number of esters is 4. The SMILES string of the molecule is CCCCCCCCCCCCCCCCCCCCCCC(=O)O[C@H](COC(=O)CCCCCCCCCCCCCCCCC(C)CC)COP(=O)(O)OC[C@@H](O)COP(=O)(O)OC[C@@H](COC(=O)CCCCCCCCCCC(C)C)OC(=O)CCCCCCCCCCCCCC. The van der Waals surface area contributed by atoms with Gasteiger partial charge in [-0.1, -0.05) is 382 Å². The number of hydrogen-bond acceptors (Lipinski definition) is 15. The predicted octanol–water partition coefficient (Wildman–Crippen LogP) is 24.7. The van der Waals surface area contributed by atoms with Gasteiger partial charge in [-0.15, -0.1) is 0 Å². The van der Waals surface area contributed by atoms with Gasteiger partial charge < -0.3 is 33.8 Å². The highest BCUT2D eigenvalue weighted by Gasteiger charge is 2.30. The van der Waals surface area contributed by atoms with E-state index in [4.69, 9.17) is 37.0 Å². The molecule has 0 saturated carbocycles. The summed E-state index contributed by atoms with van der Waals surface area (Å²) in [6, 6.07) is 0. The second-order valence-electron chi connectivity index (χ2n) is 30.2. The summed E-state index contributed by atoms with van der Waals surface area (Å²) < 4.78 is 68.7. The zero-order chi connectivity index (χ0) is 74.2. The number of phosphoric ester groups is 2. The number of unbranched alkanes of at least 4 members (excludes halogenated alkanes) is 50. The molecule has 0 aliphatic carbocycles. The lowest BCUT2D eigenvalue weighted by Crippen LogP contribution is -2.30. The second kappa shape index (κ2) is 73.6. The van der Waals surface area contributed by atoms with Crippen molar-refractivity contribution in [1.29, 1.82) is 0 Å².